The first kappa shape index (κ1) is 18.9. The van der Waals surface area contributed by atoms with Crippen LogP contribution in [0.2, 0.25) is 0 Å². The van der Waals surface area contributed by atoms with E-state index in [-0.39, 0.29) is 11.5 Å². The number of halogens is 3. The van der Waals surface area contributed by atoms with Crippen molar-refractivity contribution in [1.82, 2.24) is 0 Å². The molecule has 0 heterocycles. The molecule has 0 saturated carbocycles. The highest BCUT2D eigenvalue weighted by atomic mass is 32.2. The molecule has 0 aliphatic carbocycles. The van der Waals surface area contributed by atoms with Gasteiger partial charge in [0.1, 0.15) is 4.90 Å². The van der Waals surface area contributed by atoms with Gasteiger partial charge in [0.05, 0.1) is 12.7 Å². The largest absolute Gasteiger partial charge is 0.493 e. The van der Waals surface area contributed by atoms with Crippen molar-refractivity contribution in [1.29, 1.82) is 0 Å². The van der Waals surface area contributed by atoms with Crippen LogP contribution in [0, 0.1) is 0 Å². The third-order valence-corrected chi connectivity index (χ3v) is 4.49. The van der Waals surface area contributed by atoms with Crippen molar-refractivity contribution >= 4 is 10.1 Å². The van der Waals surface area contributed by atoms with Crippen LogP contribution in [0.4, 0.5) is 13.2 Å². The lowest BCUT2D eigenvalue weighted by Crippen LogP contribution is -2.12. The van der Waals surface area contributed by atoms with Crippen LogP contribution in [0.3, 0.4) is 0 Å². The first-order chi connectivity index (χ1) is 11.7. The summed E-state index contributed by atoms with van der Waals surface area (Å²) in [6.07, 6.45) is -2.46. The van der Waals surface area contributed by atoms with E-state index in [0.717, 1.165) is 23.8 Å². The van der Waals surface area contributed by atoms with Gasteiger partial charge in [-0.3, -0.25) is 0 Å². The molecule has 2 rings (SSSR count). The number of hydrogen-bond donors (Lipinski definition) is 0. The summed E-state index contributed by atoms with van der Waals surface area (Å²) in [4.78, 5) is -0.598. The Hall–Kier alpha value is -2.48. The number of methoxy groups -OCH3 is 1. The quantitative estimate of drug-likeness (QED) is 0.563. The van der Waals surface area contributed by atoms with Gasteiger partial charge in [-0.1, -0.05) is 18.2 Å². The Bertz CT molecular complexity index is 874. The third kappa shape index (κ3) is 4.54. The second-order valence-electron chi connectivity index (χ2n) is 5.04. The Morgan fingerprint density at radius 3 is 2.44 bits per heavy atom. The zero-order chi connectivity index (χ0) is 18.7. The molecule has 8 heteroatoms. The molecule has 2 aromatic carbocycles. The molecule has 0 spiro atoms. The van der Waals surface area contributed by atoms with Crippen LogP contribution in [0.5, 0.6) is 11.5 Å². The van der Waals surface area contributed by atoms with Crippen LogP contribution in [0.15, 0.2) is 60.0 Å². The topological polar surface area (TPSA) is 52.6 Å². The molecule has 0 unspecified atom stereocenters. The van der Waals surface area contributed by atoms with E-state index >= 15 is 0 Å². The van der Waals surface area contributed by atoms with E-state index in [1.165, 1.54) is 13.2 Å². The van der Waals surface area contributed by atoms with E-state index in [1.54, 1.807) is 18.2 Å². The summed E-state index contributed by atoms with van der Waals surface area (Å²) in [5.74, 6) is 0.0302. The fourth-order valence-corrected chi connectivity index (χ4v) is 3.06. The van der Waals surface area contributed by atoms with Gasteiger partial charge in [-0.2, -0.15) is 21.6 Å². The summed E-state index contributed by atoms with van der Waals surface area (Å²) in [5, 5.41) is 0. The Labute approximate surface area is 143 Å². The fourth-order valence-electron chi connectivity index (χ4n) is 2.07. The molecule has 0 aromatic heterocycles. The normalized spacial score (nSPS) is 11.8. The molecular formula is C17H15F3O4S. The summed E-state index contributed by atoms with van der Waals surface area (Å²) in [7, 11) is -3.12. The number of hydrogen-bond acceptors (Lipinski definition) is 4. The maximum atomic E-state index is 12.8. The number of ether oxygens (including phenoxy) is 1. The predicted molar refractivity (Wildman–Crippen MR) is 86.2 cm³/mol. The molecule has 0 amide bonds. The number of alkyl halides is 3. The first-order valence-electron chi connectivity index (χ1n) is 7.07. The smallest absolute Gasteiger partial charge is 0.416 e. The Morgan fingerprint density at radius 1 is 1.12 bits per heavy atom. The lowest BCUT2D eigenvalue weighted by Gasteiger charge is -2.13. The van der Waals surface area contributed by atoms with Crippen LogP contribution in [-0.4, -0.2) is 15.5 Å². The second-order valence-corrected chi connectivity index (χ2v) is 6.59. The predicted octanol–water partition coefficient (Wildman–Crippen LogP) is 4.21. The fraction of sp³-hybridized carbons (Fsp3) is 0.176. The molecule has 134 valence electrons. The van der Waals surface area contributed by atoms with E-state index in [9.17, 15) is 21.6 Å². The first-order valence-corrected chi connectivity index (χ1v) is 8.48. The van der Waals surface area contributed by atoms with E-state index in [1.807, 2.05) is 0 Å². The average Bonchev–Trinajstić information content (AvgIpc) is 2.55. The summed E-state index contributed by atoms with van der Waals surface area (Å²) in [6.45, 7) is 3.60. The Morgan fingerprint density at radius 2 is 1.84 bits per heavy atom. The summed E-state index contributed by atoms with van der Waals surface area (Å²) in [5.41, 5.74) is -0.263. The van der Waals surface area contributed by atoms with E-state index in [0.29, 0.717) is 12.5 Å². The molecule has 0 atom stereocenters. The van der Waals surface area contributed by atoms with Crippen molar-refractivity contribution in [3.05, 3.63) is 66.2 Å². The second kappa shape index (κ2) is 7.18. The third-order valence-electron chi connectivity index (χ3n) is 3.26. The van der Waals surface area contributed by atoms with E-state index < -0.39 is 26.8 Å². The summed E-state index contributed by atoms with van der Waals surface area (Å²) in [6, 6.07) is 7.90. The lowest BCUT2D eigenvalue weighted by atomic mass is 10.1. The van der Waals surface area contributed by atoms with Crippen LogP contribution < -0.4 is 8.92 Å². The SMILES string of the molecule is C=CCc1ccc(OS(=O)(=O)c2cccc(C(F)(F)F)c2)c(OC)c1. The zero-order valence-electron chi connectivity index (χ0n) is 13.2. The van der Waals surface area contributed by atoms with Crippen molar-refractivity contribution in [2.45, 2.75) is 17.5 Å². The molecule has 0 aliphatic rings. The highest BCUT2D eigenvalue weighted by molar-refractivity contribution is 7.87. The van der Waals surface area contributed by atoms with Crippen molar-refractivity contribution in [2.24, 2.45) is 0 Å². The highest BCUT2D eigenvalue weighted by Gasteiger charge is 2.32. The minimum Gasteiger partial charge on any atom is -0.493 e. The molecule has 0 fully saturated rings. The van der Waals surface area contributed by atoms with Crippen molar-refractivity contribution in [2.75, 3.05) is 7.11 Å². The van der Waals surface area contributed by atoms with Crippen LogP contribution in [0.25, 0.3) is 0 Å². The average molecular weight is 372 g/mol. The van der Waals surface area contributed by atoms with Gasteiger partial charge in [-0.05, 0) is 42.3 Å². The van der Waals surface area contributed by atoms with Gasteiger partial charge < -0.3 is 8.92 Å². The molecule has 2 aromatic rings. The van der Waals surface area contributed by atoms with E-state index in [2.05, 4.69) is 6.58 Å². The molecular weight excluding hydrogens is 357 g/mol. The van der Waals surface area contributed by atoms with Gasteiger partial charge >= 0.3 is 16.3 Å². The van der Waals surface area contributed by atoms with E-state index in [4.69, 9.17) is 8.92 Å². The summed E-state index contributed by atoms with van der Waals surface area (Å²) < 4.78 is 72.9. The van der Waals surface area contributed by atoms with Gasteiger partial charge in [0.2, 0.25) is 0 Å². The molecule has 0 radical (unpaired) electrons. The van der Waals surface area contributed by atoms with Crippen molar-refractivity contribution < 1.29 is 30.5 Å². The lowest BCUT2D eigenvalue weighted by molar-refractivity contribution is -0.137. The maximum Gasteiger partial charge on any atom is 0.416 e. The molecule has 4 nitrogen and oxygen atoms in total. The number of benzene rings is 2. The van der Waals surface area contributed by atoms with Gasteiger partial charge in [0.25, 0.3) is 0 Å². The van der Waals surface area contributed by atoms with Gasteiger partial charge in [0.15, 0.2) is 11.5 Å². The molecule has 0 bridgehead atoms. The number of allylic oxidation sites excluding steroid dienone is 1. The highest BCUT2D eigenvalue weighted by Crippen LogP contribution is 2.33. The van der Waals surface area contributed by atoms with Crippen LogP contribution >= 0.6 is 0 Å². The van der Waals surface area contributed by atoms with Gasteiger partial charge in [0, 0.05) is 0 Å². The maximum absolute atomic E-state index is 12.8. The minimum atomic E-state index is -4.66. The monoisotopic (exact) mass is 372 g/mol. The van der Waals surface area contributed by atoms with Crippen LogP contribution in [0.1, 0.15) is 11.1 Å². The molecule has 0 N–H and O–H groups in total. The van der Waals surface area contributed by atoms with Crippen molar-refractivity contribution in [3.8, 4) is 11.5 Å². The minimum absolute atomic E-state index is 0.118. The number of rotatable bonds is 6. The Kier molecular flexibility index (Phi) is 5.42. The Balaban J connectivity index is 2.38. The zero-order valence-corrected chi connectivity index (χ0v) is 14.0. The molecule has 25 heavy (non-hydrogen) atoms. The summed E-state index contributed by atoms with van der Waals surface area (Å²) >= 11 is 0. The van der Waals surface area contributed by atoms with Crippen LogP contribution in [-0.2, 0) is 22.7 Å². The molecule has 0 aliphatic heterocycles. The van der Waals surface area contributed by atoms with Gasteiger partial charge in [-0.25, -0.2) is 0 Å². The molecule has 0 saturated heterocycles. The standard InChI is InChI=1S/C17H15F3O4S/c1-3-5-12-8-9-15(16(10-12)23-2)24-25(21,22)14-7-4-6-13(11-14)17(18,19)20/h3-4,6-11H,1,5H2,2H3. The van der Waals surface area contributed by atoms with Gasteiger partial charge in [-0.15, -0.1) is 6.58 Å². The van der Waals surface area contributed by atoms with Crippen molar-refractivity contribution in [3.63, 3.8) is 0 Å².